The number of hydrogen-bond acceptors (Lipinski definition) is 1. The number of rotatable bonds is 7. The van der Waals surface area contributed by atoms with Gasteiger partial charge in [-0.05, 0) is 31.4 Å². The van der Waals surface area contributed by atoms with Crippen molar-refractivity contribution in [2.75, 3.05) is 19.6 Å². The first-order valence-corrected chi connectivity index (χ1v) is 7.16. The van der Waals surface area contributed by atoms with E-state index in [1.54, 1.807) is 0 Å². The molecule has 1 rings (SSSR count). The first-order chi connectivity index (χ1) is 8.70. The van der Waals surface area contributed by atoms with Crippen LogP contribution in [0.15, 0.2) is 30.3 Å². The molecule has 100 valence electrons. The molecule has 0 N–H and O–H groups in total. The molecule has 1 amide bonds. The van der Waals surface area contributed by atoms with Crippen LogP contribution in [0.1, 0.15) is 50.4 Å². The Morgan fingerprint density at radius 3 is 1.72 bits per heavy atom. The van der Waals surface area contributed by atoms with Gasteiger partial charge in [0, 0.05) is 0 Å². The van der Waals surface area contributed by atoms with Gasteiger partial charge in [0.2, 0.25) is 0 Å². The van der Waals surface area contributed by atoms with E-state index >= 15 is 0 Å². The van der Waals surface area contributed by atoms with Gasteiger partial charge in [0.05, 0.1) is 25.2 Å². The first kappa shape index (κ1) is 14.9. The molecule has 0 bridgehead atoms. The van der Waals surface area contributed by atoms with E-state index in [2.05, 4.69) is 20.8 Å². The molecule has 0 aromatic heterocycles. The molecule has 0 fully saturated rings. The van der Waals surface area contributed by atoms with Crippen LogP contribution in [0.4, 0.5) is 0 Å². The molecule has 0 aliphatic rings. The lowest BCUT2D eigenvalue weighted by molar-refractivity contribution is -0.849. The average molecular weight is 248 g/mol. The van der Waals surface area contributed by atoms with Crippen LogP contribution in [-0.4, -0.2) is 30.0 Å². The predicted molar refractivity (Wildman–Crippen MR) is 76.5 cm³/mol. The Kier molecular flexibility index (Phi) is 6.06. The second kappa shape index (κ2) is 7.32. The van der Waals surface area contributed by atoms with Gasteiger partial charge < -0.3 is 0 Å². The number of quaternary nitrogens is 1. The van der Waals surface area contributed by atoms with Crippen molar-refractivity contribution in [3.63, 3.8) is 0 Å². The van der Waals surface area contributed by atoms with E-state index in [0.29, 0.717) is 10.4 Å². The maximum Gasteiger partial charge on any atom is 0.345 e. The zero-order valence-electron chi connectivity index (χ0n) is 12.0. The fourth-order valence-electron chi connectivity index (χ4n) is 2.78. The van der Waals surface area contributed by atoms with Crippen LogP contribution < -0.4 is 0 Å². The monoisotopic (exact) mass is 248 g/mol. The summed E-state index contributed by atoms with van der Waals surface area (Å²) in [5, 5.41) is 0. The number of nitrogens with zero attached hydrogens (tertiary/aromatic N) is 1. The van der Waals surface area contributed by atoms with Gasteiger partial charge in [-0.1, -0.05) is 39.0 Å². The van der Waals surface area contributed by atoms with Crippen molar-refractivity contribution in [1.82, 2.24) is 0 Å². The molecular formula is C16H26NO+. The van der Waals surface area contributed by atoms with Crippen LogP contribution in [0.3, 0.4) is 0 Å². The van der Waals surface area contributed by atoms with E-state index in [1.807, 2.05) is 30.3 Å². The average Bonchev–Trinajstić information content (AvgIpc) is 2.39. The second-order valence-corrected chi connectivity index (χ2v) is 4.99. The minimum Gasteiger partial charge on any atom is -0.256 e. The summed E-state index contributed by atoms with van der Waals surface area (Å²) in [7, 11) is 0. The summed E-state index contributed by atoms with van der Waals surface area (Å²) in [5.74, 6) is 0.293. The Labute approximate surface area is 111 Å². The Balaban J connectivity index is 3.04. The Morgan fingerprint density at radius 1 is 0.889 bits per heavy atom. The summed E-state index contributed by atoms with van der Waals surface area (Å²) in [6.45, 7) is 9.35. The van der Waals surface area contributed by atoms with Gasteiger partial charge in [-0.15, -0.1) is 0 Å². The molecule has 0 unspecified atom stereocenters. The highest BCUT2D eigenvalue weighted by Crippen LogP contribution is 2.18. The van der Waals surface area contributed by atoms with Crippen LogP contribution in [0, 0.1) is 0 Å². The maximum absolute atomic E-state index is 12.8. The van der Waals surface area contributed by atoms with E-state index in [4.69, 9.17) is 0 Å². The third-order valence-corrected chi connectivity index (χ3v) is 3.41. The van der Waals surface area contributed by atoms with Gasteiger partial charge in [0.25, 0.3) is 0 Å². The van der Waals surface area contributed by atoms with E-state index in [-0.39, 0.29) is 0 Å². The van der Waals surface area contributed by atoms with Crippen LogP contribution >= 0.6 is 0 Å². The fraction of sp³-hybridized carbons (Fsp3) is 0.562. The molecular weight excluding hydrogens is 222 g/mol. The normalized spacial score (nSPS) is 11.5. The van der Waals surface area contributed by atoms with Gasteiger partial charge in [-0.25, -0.2) is 4.79 Å². The lowest BCUT2D eigenvalue weighted by Gasteiger charge is -2.35. The molecule has 0 atom stereocenters. The zero-order chi connectivity index (χ0) is 13.4. The predicted octanol–water partition coefficient (Wildman–Crippen LogP) is 3.87. The van der Waals surface area contributed by atoms with Crippen molar-refractivity contribution in [2.45, 2.75) is 40.0 Å². The van der Waals surface area contributed by atoms with Gasteiger partial charge in [0.15, 0.2) is 0 Å². The van der Waals surface area contributed by atoms with Crippen LogP contribution in [0.25, 0.3) is 0 Å². The van der Waals surface area contributed by atoms with Crippen molar-refractivity contribution in [3.8, 4) is 0 Å². The third kappa shape index (κ3) is 3.42. The molecule has 2 heteroatoms. The highest BCUT2D eigenvalue weighted by atomic mass is 16.2. The number of carbonyl (C=O) groups excluding carboxylic acids is 1. The third-order valence-electron chi connectivity index (χ3n) is 3.41. The summed E-state index contributed by atoms with van der Waals surface area (Å²) >= 11 is 0. The molecule has 0 radical (unpaired) electrons. The molecule has 2 nitrogen and oxygen atoms in total. The topological polar surface area (TPSA) is 17.1 Å². The molecule has 0 saturated carbocycles. The molecule has 0 aliphatic carbocycles. The smallest absolute Gasteiger partial charge is 0.256 e. The van der Waals surface area contributed by atoms with Gasteiger partial charge in [-0.3, -0.25) is 4.48 Å². The van der Waals surface area contributed by atoms with Crippen LogP contribution in [0.5, 0.6) is 0 Å². The number of carbonyl (C=O) groups is 1. The van der Waals surface area contributed by atoms with Crippen molar-refractivity contribution >= 4 is 5.91 Å². The summed E-state index contributed by atoms with van der Waals surface area (Å²) in [6, 6.07) is 9.75. The first-order valence-electron chi connectivity index (χ1n) is 7.16. The Hall–Kier alpha value is -1.15. The van der Waals surface area contributed by atoms with Crippen LogP contribution in [-0.2, 0) is 0 Å². The lowest BCUT2D eigenvalue weighted by atomic mass is 10.1. The molecule has 0 saturated heterocycles. The SMILES string of the molecule is CCC[N+](CCC)(CCC)C(=O)c1ccccc1. The minimum absolute atomic E-state index is 0.293. The minimum atomic E-state index is 0.293. The molecule has 1 aromatic rings. The van der Waals surface area contributed by atoms with Crippen molar-refractivity contribution in [2.24, 2.45) is 0 Å². The Morgan fingerprint density at radius 2 is 1.33 bits per heavy atom. The largest absolute Gasteiger partial charge is 0.345 e. The molecule has 1 aromatic carbocycles. The van der Waals surface area contributed by atoms with E-state index in [9.17, 15) is 4.79 Å². The lowest BCUT2D eigenvalue weighted by Crippen LogP contribution is -2.54. The summed E-state index contributed by atoms with van der Waals surface area (Å²) in [4.78, 5) is 12.8. The van der Waals surface area contributed by atoms with Gasteiger partial charge in [-0.2, -0.15) is 0 Å². The summed E-state index contributed by atoms with van der Waals surface area (Å²) in [5.41, 5.74) is 0.854. The van der Waals surface area contributed by atoms with E-state index < -0.39 is 0 Å². The van der Waals surface area contributed by atoms with Gasteiger partial charge >= 0.3 is 5.91 Å². The highest BCUT2D eigenvalue weighted by molar-refractivity contribution is 5.88. The van der Waals surface area contributed by atoms with Crippen molar-refractivity contribution in [3.05, 3.63) is 35.9 Å². The van der Waals surface area contributed by atoms with Crippen LogP contribution in [0.2, 0.25) is 0 Å². The van der Waals surface area contributed by atoms with E-state index in [0.717, 1.165) is 44.5 Å². The molecule has 0 heterocycles. The summed E-state index contributed by atoms with van der Waals surface area (Å²) < 4.78 is 0.619. The van der Waals surface area contributed by atoms with E-state index in [1.165, 1.54) is 0 Å². The second-order valence-electron chi connectivity index (χ2n) is 4.99. The fourth-order valence-corrected chi connectivity index (χ4v) is 2.78. The number of hydrogen-bond donors (Lipinski definition) is 0. The van der Waals surface area contributed by atoms with Crippen molar-refractivity contribution in [1.29, 1.82) is 0 Å². The Bertz CT molecular complexity index is 342. The van der Waals surface area contributed by atoms with Crippen molar-refractivity contribution < 1.29 is 9.28 Å². The van der Waals surface area contributed by atoms with Gasteiger partial charge in [0.1, 0.15) is 0 Å². The quantitative estimate of drug-likeness (QED) is 0.669. The maximum atomic E-state index is 12.8. The molecule has 0 aliphatic heterocycles. The number of benzene rings is 1. The molecule has 0 spiro atoms. The number of amides is 1. The molecule has 18 heavy (non-hydrogen) atoms. The standard InChI is InChI=1S/C16H26NO/c1-4-12-17(13-5-2,14-6-3)16(18)15-10-8-7-9-11-15/h7-11H,4-6,12-14H2,1-3H3/q+1. The zero-order valence-corrected chi connectivity index (χ0v) is 12.0. The summed E-state index contributed by atoms with van der Waals surface area (Å²) in [6.07, 6.45) is 3.16. The highest BCUT2D eigenvalue weighted by Gasteiger charge is 2.34.